The van der Waals surface area contributed by atoms with Gasteiger partial charge in [0.1, 0.15) is 11.3 Å². The van der Waals surface area contributed by atoms with Crippen LogP contribution < -0.4 is 9.64 Å². The van der Waals surface area contributed by atoms with Crippen LogP contribution in [0.1, 0.15) is 38.3 Å². The van der Waals surface area contributed by atoms with Crippen molar-refractivity contribution >= 4 is 29.7 Å². The van der Waals surface area contributed by atoms with Gasteiger partial charge in [-0.1, -0.05) is 25.1 Å². The van der Waals surface area contributed by atoms with Gasteiger partial charge in [-0.3, -0.25) is 19.5 Å². The standard InChI is InChI=1S/C24H21F3N2O4/c1-4-23(18-8-10-19(11-9-18)24(25,26)27)13-17(14-28-23)22(32)33-21-7-5-6-20(12-21)29(15(2)30)16(3)31/h5-14H,4H2,1-3H3. The number of carbonyl (C=O) groups is 3. The predicted octanol–water partition coefficient (Wildman–Crippen LogP) is 4.83. The molecule has 0 saturated heterocycles. The first-order valence-electron chi connectivity index (χ1n) is 10.1. The summed E-state index contributed by atoms with van der Waals surface area (Å²) >= 11 is 0. The molecule has 3 rings (SSSR count). The summed E-state index contributed by atoms with van der Waals surface area (Å²) in [7, 11) is 0. The third kappa shape index (κ3) is 5.02. The lowest BCUT2D eigenvalue weighted by molar-refractivity contribution is -0.137. The highest BCUT2D eigenvalue weighted by Gasteiger charge is 2.35. The van der Waals surface area contributed by atoms with Gasteiger partial charge >= 0.3 is 12.1 Å². The van der Waals surface area contributed by atoms with E-state index in [1.54, 1.807) is 13.0 Å². The maximum atomic E-state index is 12.9. The highest BCUT2D eigenvalue weighted by Crippen LogP contribution is 2.38. The molecule has 6 nitrogen and oxygen atoms in total. The van der Waals surface area contributed by atoms with Gasteiger partial charge in [0, 0.05) is 26.1 Å². The highest BCUT2D eigenvalue weighted by molar-refractivity contribution is 6.13. The Morgan fingerprint density at radius 2 is 1.67 bits per heavy atom. The Balaban J connectivity index is 1.83. The maximum absolute atomic E-state index is 12.9. The molecule has 1 atom stereocenters. The van der Waals surface area contributed by atoms with Gasteiger partial charge in [-0.2, -0.15) is 13.2 Å². The molecule has 1 aliphatic heterocycles. The van der Waals surface area contributed by atoms with Crippen molar-refractivity contribution in [2.24, 2.45) is 4.99 Å². The van der Waals surface area contributed by atoms with Crippen LogP contribution in [0.15, 0.2) is 65.2 Å². The van der Waals surface area contributed by atoms with Crippen molar-refractivity contribution < 1.29 is 32.3 Å². The van der Waals surface area contributed by atoms with Crippen molar-refractivity contribution in [2.75, 3.05) is 4.90 Å². The fraction of sp³-hybridized carbons (Fsp3) is 0.250. The van der Waals surface area contributed by atoms with Gasteiger partial charge in [-0.05, 0) is 42.3 Å². The molecule has 2 aromatic carbocycles. The summed E-state index contributed by atoms with van der Waals surface area (Å²) in [5.41, 5.74) is -0.856. The van der Waals surface area contributed by atoms with Crippen LogP contribution in [0, 0.1) is 0 Å². The van der Waals surface area contributed by atoms with E-state index in [0.29, 0.717) is 12.0 Å². The van der Waals surface area contributed by atoms with Crippen LogP contribution in [0.4, 0.5) is 18.9 Å². The van der Waals surface area contributed by atoms with E-state index < -0.39 is 35.1 Å². The summed E-state index contributed by atoms with van der Waals surface area (Å²) in [5, 5.41) is 0. The van der Waals surface area contributed by atoms with Crippen molar-refractivity contribution in [3.05, 3.63) is 71.3 Å². The summed E-state index contributed by atoms with van der Waals surface area (Å²) in [4.78, 5) is 41.5. The third-order valence-corrected chi connectivity index (χ3v) is 5.23. The molecule has 1 aliphatic rings. The highest BCUT2D eigenvalue weighted by atomic mass is 19.4. The number of amides is 2. The van der Waals surface area contributed by atoms with E-state index in [-0.39, 0.29) is 17.0 Å². The van der Waals surface area contributed by atoms with E-state index in [1.807, 2.05) is 0 Å². The number of hydrogen-bond acceptors (Lipinski definition) is 5. The Kier molecular flexibility index (Phi) is 6.53. The lowest BCUT2D eigenvalue weighted by Gasteiger charge is -2.23. The first kappa shape index (κ1) is 23.9. The van der Waals surface area contributed by atoms with Crippen molar-refractivity contribution in [3.8, 4) is 5.75 Å². The summed E-state index contributed by atoms with van der Waals surface area (Å²) in [6.45, 7) is 4.29. The predicted molar refractivity (Wildman–Crippen MR) is 116 cm³/mol. The zero-order chi connectivity index (χ0) is 24.4. The van der Waals surface area contributed by atoms with Gasteiger partial charge in [0.05, 0.1) is 16.8 Å². The number of imide groups is 1. The zero-order valence-electron chi connectivity index (χ0n) is 18.1. The van der Waals surface area contributed by atoms with Crippen molar-refractivity contribution in [1.82, 2.24) is 0 Å². The van der Waals surface area contributed by atoms with E-state index >= 15 is 0 Å². The third-order valence-electron chi connectivity index (χ3n) is 5.23. The number of halogens is 3. The zero-order valence-corrected chi connectivity index (χ0v) is 18.1. The van der Waals surface area contributed by atoms with E-state index in [9.17, 15) is 27.6 Å². The topological polar surface area (TPSA) is 76.0 Å². The summed E-state index contributed by atoms with van der Waals surface area (Å²) < 4.78 is 44.0. The molecular formula is C24H21F3N2O4. The lowest BCUT2D eigenvalue weighted by Crippen LogP contribution is -2.33. The quantitative estimate of drug-likeness (QED) is 0.475. The molecule has 1 unspecified atom stereocenters. The molecule has 2 aromatic rings. The number of benzene rings is 2. The Morgan fingerprint density at radius 3 is 2.21 bits per heavy atom. The summed E-state index contributed by atoms with van der Waals surface area (Å²) in [6.07, 6.45) is -1.16. The lowest BCUT2D eigenvalue weighted by atomic mass is 9.87. The van der Waals surface area contributed by atoms with Crippen LogP contribution >= 0.6 is 0 Å². The molecule has 0 spiro atoms. The average molecular weight is 458 g/mol. The number of hydrogen-bond donors (Lipinski definition) is 0. The number of carbonyl (C=O) groups excluding carboxylic acids is 3. The second-order valence-corrected chi connectivity index (χ2v) is 7.47. The summed E-state index contributed by atoms with van der Waals surface area (Å²) in [5.74, 6) is -1.58. The molecule has 33 heavy (non-hydrogen) atoms. The molecule has 0 aliphatic carbocycles. The number of ether oxygens (including phenoxy) is 1. The van der Waals surface area contributed by atoms with E-state index in [4.69, 9.17) is 4.74 Å². The van der Waals surface area contributed by atoms with Crippen molar-refractivity contribution in [2.45, 2.75) is 38.9 Å². The molecular weight excluding hydrogens is 437 g/mol. The molecule has 0 fully saturated rings. The number of esters is 1. The Bertz CT molecular complexity index is 1140. The SMILES string of the molecule is CCC1(c2ccc(C(F)(F)F)cc2)C=C(C(=O)Oc2cccc(N(C(C)=O)C(C)=O)c2)C=N1. The van der Waals surface area contributed by atoms with Gasteiger partial charge in [-0.25, -0.2) is 4.79 Å². The number of rotatable bonds is 5. The fourth-order valence-corrected chi connectivity index (χ4v) is 3.57. The summed E-state index contributed by atoms with van der Waals surface area (Å²) in [6, 6.07) is 10.6. The monoisotopic (exact) mass is 458 g/mol. The van der Waals surface area contributed by atoms with Crippen LogP contribution in [0.3, 0.4) is 0 Å². The van der Waals surface area contributed by atoms with Gasteiger partial charge < -0.3 is 4.74 Å². The number of aliphatic imine (C=N–C) groups is 1. The molecule has 9 heteroatoms. The minimum Gasteiger partial charge on any atom is -0.423 e. The van der Waals surface area contributed by atoms with Gasteiger partial charge in [0.2, 0.25) is 11.8 Å². The average Bonchev–Trinajstić information content (AvgIpc) is 3.19. The first-order valence-corrected chi connectivity index (χ1v) is 10.1. The molecule has 0 bridgehead atoms. The van der Waals surface area contributed by atoms with Crippen LogP contribution in [0.25, 0.3) is 0 Å². The maximum Gasteiger partial charge on any atom is 0.416 e. The number of anilines is 1. The normalized spacial score (nSPS) is 17.5. The van der Waals surface area contributed by atoms with E-state index in [2.05, 4.69) is 4.99 Å². The smallest absolute Gasteiger partial charge is 0.416 e. The van der Waals surface area contributed by atoms with Crippen LogP contribution in [0.2, 0.25) is 0 Å². The van der Waals surface area contributed by atoms with E-state index in [0.717, 1.165) is 17.0 Å². The van der Waals surface area contributed by atoms with E-state index in [1.165, 1.54) is 56.5 Å². The van der Waals surface area contributed by atoms with Gasteiger partial charge in [-0.15, -0.1) is 0 Å². The minimum absolute atomic E-state index is 0.114. The molecule has 0 aromatic heterocycles. The molecule has 0 radical (unpaired) electrons. The first-order chi connectivity index (χ1) is 15.5. The van der Waals surface area contributed by atoms with Crippen molar-refractivity contribution in [3.63, 3.8) is 0 Å². The number of nitrogens with zero attached hydrogens (tertiary/aromatic N) is 2. The fourth-order valence-electron chi connectivity index (χ4n) is 3.57. The van der Waals surface area contributed by atoms with Crippen LogP contribution in [-0.4, -0.2) is 24.0 Å². The largest absolute Gasteiger partial charge is 0.423 e. The molecule has 1 heterocycles. The molecule has 172 valence electrons. The Hall–Kier alpha value is -3.75. The Labute approximate surface area is 188 Å². The van der Waals surface area contributed by atoms with Crippen molar-refractivity contribution in [1.29, 1.82) is 0 Å². The second kappa shape index (κ2) is 9.01. The minimum atomic E-state index is -4.45. The number of alkyl halides is 3. The van der Waals surface area contributed by atoms with Crippen LogP contribution in [-0.2, 0) is 26.1 Å². The van der Waals surface area contributed by atoms with Gasteiger partial charge in [0.25, 0.3) is 0 Å². The Morgan fingerprint density at radius 1 is 1.03 bits per heavy atom. The second-order valence-electron chi connectivity index (χ2n) is 7.47. The molecule has 0 saturated carbocycles. The molecule has 0 N–H and O–H groups in total. The van der Waals surface area contributed by atoms with Gasteiger partial charge in [0.15, 0.2) is 0 Å². The van der Waals surface area contributed by atoms with Crippen LogP contribution in [0.5, 0.6) is 5.75 Å². The molecule has 2 amide bonds.